The molecule has 2 aromatic rings. The largest absolute Gasteiger partial charge is 0.478 e. The van der Waals surface area contributed by atoms with Crippen molar-refractivity contribution >= 4 is 23.5 Å². The summed E-state index contributed by atoms with van der Waals surface area (Å²) >= 11 is 0. The lowest BCUT2D eigenvalue weighted by Gasteiger charge is -2.09. The highest BCUT2D eigenvalue weighted by Crippen LogP contribution is 2.15. The van der Waals surface area contributed by atoms with Gasteiger partial charge in [0.25, 0.3) is 5.91 Å². The number of carbonyl (C=O) groups is 3. The zero-order valence-corrected chi connectivity index (χ0v) is 16.6. The van der Waals surface area contributed by atoms with Gasteiger partial charge in [0, 0.05) is 5.69 Å². The van der Waals surface area contributed by atoms with E-state index in [0.717, 1.165) is 19.3 Å². The summed E-state index contributed by atoms with van der Waals surface area (Å²) in [4.78, 5) is 35.7. The third-order valence-electron chi connectivity index (χ3n) is 4.51. The van der Waals surface area contributed by atoms with Gasteiger partial charge in [-0.05, 0) is 42.8 Å². The fourth-order valence-electron chi connectivity index (χ4n) is 2.89. The van der Waals surface area contributed by atoms with Gasteiger partial charge in [-0.2, -0.15) is 0 Å². The summed E-state index contributed by atoms with van der Waals surface area (Å²) in [6.45, 7) is 2.57. The topological polar surface area (TPSA) is 92.7 Å². The van der Waals surface area contributed by atoms with Crippen molar-refractivity contribution in [3.8, 4) is 0 Å². The van der Waals surface area contributed by atoms with Gasteiger partial charge in [0.15, 0.2) is 0 Å². The van der Waals surface area contributed by atoms with E-state index >= 15 is 0 Å². The smallest absolute Gasteiger partial charge is 0.338 e. The van der Waals surface area contributed by atoms with Crippen molar-refractivity contribution in [2.75, 3.05) is 11.9 Å². The Hall–Kier alpha value is -3.15. The van der Waals surface area contributed by atoms with Crippen LogP contribution < -0.4 is 5.32 Å². The third-order valence-corrected chi connectivity index (χ3v) is 4.51. The molecule has 0 fully saturated rings. The number of anilines is 1. The fraction of sp³-hybridized carbons (Fsp3) is 0.348. The van der Waals surface area contributed by atoms with Crippen LogP contribution in [-0.2, 0) is 4.74 Å². The van der Waals surface area contributed by atoms with Gasteiger partial charge in [-0.3, -0.25) is 4.79 Å². The molecule has 0 aromatic heterocycles. The minimum Gasteiger partial charge on any atom is -0.478 e. The van der Waals surface area contributed by atoms with E-state index in [4.69, 9.17) is 4.74 Å². The van der Waals surface area contributed by atoms with E-state index in [2.05, 4.69) is 12.2 Å². The van der Waals surface area contributed by atoms with Gasteiger partial charge in [-0.1, -0.05) is 51.2 Å². The Morgan fingerprint density at radius 2 is 1.48 bits per heavy atom. The van der Waals surface area contributed by atoms with Crippen LogP contribution in [0.3, 0.4) is 0 Å². The molecular weight excluding hydrogens is 370 g/mol. The van der Waals surface area contributed by atoms with Gasteiger partial charge in [0.05, 0.1) is 23.3 Å². The molecule has 0 saturated carbocycles. The molecule has 2 aromatic carbocycles. The van der Waals surface area contributed by atoms with E-state index in [1.54, 1.807) is 36.4 Å². The van der Waals surface area contributed by atoms with E-state index in [9.17, 15) is 19.5 Å². The number of hydrogen-bond acceptors (Lipinski definition) is 4. The number of carboxylic acid groups (broad SMARTS) is 1. The van der Waals surface area contributed by atoms with Crippen molar-refractivity contribution < 1.29 is 24.2 Å². The molecule has 0 aliphatic rings. The molecule has 0 radical (unpaired) electrons. The molecule has 0 unspecified atom stereocenters. The van der Waals surface area contributed by atoms with Crippen molar-refractivity contribution in [1.82, 2.24) is 0 Å². The number of nitrogens with one attached hydrogen (secondary N) is 1. The first kappa shape index (κ1) is 22.1. The van der Waals surface area contributed by atoms with E-state index in [0.29, 0.717) is 17.9 Å². The van der Waals surface area contributed by atoms with Crippen molar-refractivity contribution in [3.05, 3.63) is 65.2 Å². The van der Waals surface area contributed by atoms with Crippen LogP contribution in [0.25, 0.3) is 0 Å². The first-order valence-corrected chi connectivity index (χ1v) is 9.93. The number of amides is 1. The lowest BCUT2D eigenvalue weighted by Crippen LogP contribution is -2.16. The van der Waals surface area contributed by atoms with Crippen molar-refractivity contribution in [2.24, 2.45) is 0 Å². The average Bonchev–Trinajstić information content (AvgIpc) is 2.73. The van der Waals surface area contributed by atoms with Crippen LogP contribution in [0.4, 0.5) is 5.69 Å². The van der Waals surface area contributed by atoms with E-state index in [-0.39, 0.29) is 11.1 Å². The molecule has 2 rings (SSSR count). The average molecular weight is 397 g/mol. The van der Waals surface area contributed by atoms with Crippen molar-refractivity contribution in [3.63, 3.8) is 0 Å². The highest BCUT2D eigenvalue weighted by Gasteiger charge is 2.16. The number of aromatic carboxylic acids is 1. The lowest BCUT2D eigenvalue weighted by atomic mass is 10.1. The highest BCUT2D eigenvalue weighted by atomic mass is 16.5. The van der Waals surface area contributed by atoms with Gasteiger partial charge in [-0.15, -0.1) is 0 Å². The summed E-state index contributed by atoms with van der Waals surface area (Å²) < 4.78 is 5.28. The molecule has 0 aliphatic heterocycles. The second-order valence-electron chi connectivity index (χ2n) is 6.79. The maximum atomic E-state index is 12.4. The molecule has 0 atom stereocenters. The summed E-state index contributed by atoms with van der Waals surface area (Å²) in [7, 11) is 0. The minimum absolute atomic E-state index is 0.0695. The molecule has 2 N–H and O–H groups in total. The Bertz CT molecular complexity index is 829. The fourth-order valence-corrected chi connectivity index (χ4v) is 2.89. The molecule has 0 aliphatic carbocycles. The number of rotatable bonds is 11. The number of esters is 1. The van der Waals surface area contributed by atoms with Gasteiger partial charge < -0.3 is 15.2 Å². The quantitative estimate of drug-likeness (QED) is 0.404. The minimum atomic E-state index is -1.17. The van der Waals surface area contributed by atoms with Gasteiger partial charge >= 0.3 is 11.9 Å². The summed E-state index contributed by atoms with van der Waals surface area (Å²) in [5.74, 6) is -2.09. The first-order chi connectivity index (χ1) is 14.0. The number of carboxylic acids is 1. The van der Waals surface area contributed by atoms with Crippen molar-refractivity contribution in [1.29, 1.82) is 0 Å². The molecule has 6 heteroatoms. The maximum Gasteiger partial charge on any atom is 0.338 e. The van der Waals surface area contributed by atoms with E-state index in [1.165, 1.54) is 31.4 Å². The Balaban J connectivity index is 1.84. The molecule has 0 heterocycles. The molecule has 29 heavy (non-hydrogen) atoms. The normalized spacial score (nSPS) is 10.4. The van der Waals surface area contributed by atoms with E-state index in [1.807, 2.05) is 0 Å². The second kappa shape index (κ2) is 11.6. The monoisotopic (exact) mass is 397 g/mol. The van der Waals surface area contributed by atoms with Crippen LogP contribution in [0.2, 0.25) is 0 Å². The summed E-state index contributed by atoms with van der Waals surface area (Å²) in [6, 6.07) is 12.3. The number of carbonyl (C=O) groups excluding carboxylic acids is 2. The molecular formula is C23H27NO5. The molecule has 0 bridgehead atoms. The lowest BCUT2D eigenvalue weighted by molar-refractivity contribution is 0.0497. The molecule has 0 saturated heterocycles. The summed E-state index contributed by atoms with van der Waals surface area (Å²) in [5.41, 5.74) is 0.866. The zero-order chi connectivity index (χ0) is 21.1. The Morgan fingerprint density at radius 3 is 2.14 bits per heavy atom. The third kappa shape index (κ3) is 7.07. The summed E-state index contributed by atoms with van der Waals surface area (Å²) in [6.07, 6.45) is 6.73. The van der Waals surface area contributed by atoms with Crippen LogP contribution in [0.15, 0.2) is 48.5 Å². The maximum absolute atomic E-state index is 12.4. The Morgan fingerprint density at radius 1 is 0.862 bits per heavy atom. The number of ether oxygens (including phenoxy) is 1. The first-order valence-electron chi connectivity index (χ1n) is 9.93. The van der Waals surface area contributed by atoms with Crippen LogP contribution in [0.5, 0.6) is 0 Å². The van der Waals surface area contributed by atoms with Crippen LogP contribution in [0, 0.1) is 0 Å². The molecule has 154 valence electrons. The molecule has 6 nitrogen and oxygen atoms in total. The Kier molecular flexibility index (Phi) is 8.89. The standard InChI is InChI=1S/C23H27NO5/c1-2-3-4-5-6-9-16-29-23(28)17-12-14-18(15-13-17)24-21(25)19-10-7-8-11-20(19)22(26)27/h7-8,10-15H,2-6,9,16H2,1H3,(H,24,25)(H,26,27). The highest BCUT2D eigenvalue weighted by molar-refractivity contribution is 6.10. The number of unbranched alkanes of at least 4 members (excludes halogenated alkanes) is 5. The number of hydrogen-bond donors (Lipinski definition) is 2. The second-order valence-corrected chi connectivity index (χ2v) is 6.79. The zero-order valence-electron chi connectivity index (χ0n) is 16.6. The SMILES string of the molecule is CCCCCCCCOC(=O)c1ccc(NC(=O)c2ccccc2C(=O)O)cc1. The van der Waals surface area contributed by atoms with Crippen LogP contribution >= 0.6 is 0 Å². The molecule has 1 amide bonds. The van der Waals surface area contributed by atoms with Gasteiger partial charge in [0.2, 0.25) is 0 Å². The molecule has 0 spiro atoms. The Labute approximate surface area is 170 Å². The predicted molar refractivity (Wildman–Crippen MR) is 111 cm³/mol. The van der Waals surface area contributed by atoms with Gasteiger partial charge in [-0.25, -0.2) is 9.59 Å². The van der Waals surface area contributed by atoms with Crippen molar-refractivity contribution in [2.45, 2.75) is 45.4 Å². The number of benzene rings is 2. The predicted octanol–water partition coefficient (Wildman–Crippen LogP) is 5.15. The van der Waals surface area contributed by atoms with Crippen LogP contribution in [-0.4, -0.2) is 29.6 Å². The van der Waals surface area contributed by atoms with E-state index < -0.39 is 17.8 Å². The summed E-state index contributed by atoms with van der Waals surface area (Å²) in [5, 5.41) is 11.8. The van der Waals surface area contributed by atoms with Gasteiger partial charge in [0.1, 0.15) is 0 Å². The van der Waals surface area contributed by atoms with Crippen LogP contribution in [0.1, 0.15) is 76.5 Å².